The van der Waals surface area contributed by atoms with Crippen molar-refractivity contribution in [3.8, 4) is 5.75 Å². The molecule has 8 nitrogen and oxygen atoms in total. The molecule has 1 fully saturated rings. The number of ether oxygens (including phenoxy) is 2. The van der Waals surface area contributed by atoms with Gasteiger partial charge in [-0.3, -0.25) is 9.36 Å². The Morgan fingerprint density at radius 1 is 1.18 bits per heavy atom. The number of esters is 1. The van der Waals surface area contributed by atoms with Crippen molar-refractivity contribution in [2.45, 2.75) is 30.9 Å². The summed E-state index contributed by atoms with van der Waals surface area (Å²) >= 11 is 0. The molecule has 3 aromatic rings. The molecular formula is C22H23F2N3O5S. The van der Waals surface area contributed by atoms with Gasteiger partial charge in [0.15, 0.2) is 5.82 Å². The van der Waals surface area contributed by atoms with Gasteiger partial charge in [0.05, 0.1) is 29.0 Å². The van der Waals surface area contributed by atoms with E-state index < -0.39 is 35.1 Å². The fourth-order valence-corrected chi connectivity index (χ4v) is 5.44. The van der Waals surface area contributed by atoms with E-state index >= 15 is 0 Å². The van der Waals surface area contributed by atoms with E-state index in [0.29, 0.717) is 24.1 Å². The monoisotopic (exact) mass is 479 g/mol. The van der Waals surface area contributed by atoms with Crippen molar-refractivity contribution in [2.75, 3.05) is 20.2 Å². The molecule has 1 aliphatic heterocycles. The third kappa shape index (κ3) is 4.69. The van der Waals surface area contributed by atoms with Crippen LogP contribution < -0.4 is 4.74 Å². The number of aromatic nitrogens is 2. The van der Waals surface area contributed by atoms with Crippen LogP contribution in [-0.4, -0.2) is 48.4 Å². The summed E-state index contributed by atoms with van der Waals surface area (Å²) in [6, 6.07) is 12.4. The van der Waals surface area contributed by atoms with Crippen LogP contribution in [0.1, 0.15) is 25.2 Å². The van der Waals surface area contributed by atoms with Crippen LogP contribution >= 0.6 is 0 Å². The first kappa shape index (κ1) is 23.1. The maximum atomic E-state index is 13.6. The highest BCUT2D eigenvalue weighted by Gasteiger charge is 2.34. The maximum absolute atomic E-state index is 13.6. The molecule has 33 heavy (non-hydrogen) atoms. The first-order valence-electron chi connectivity index (χ1n) is 10.4. The molecule has 1 atom stereocenters. The summed E-state index contributed by atoms with van der Waals surface area (Å²) < 4.78 is 65.4. The first-order valence-corrected chi connectivity index (χ1v) is 11.8. The number of halogens is 2. The van der Waals surface area contributed by atoms with E-state index in [9.17, 15) is 22.0 Å². The summed E-state index contributed by atoms with van der Waals surface area (Å²) in [6.45, 7) is -3.04. The number of sulfonamides is 1. The Morgan fingerprint density at radius 2 is 1.91 bits per heavy atom. The number of hydrogen-bond donors (Lipinski definition) is 0. The molecule has 0 spiro atoms. The first-order chi connectivity index (χ1) is 15.8. The van der Waals surface area contributed by atoms with Crippen molar-refractivity contribution in [3.63, 3.8) is 0 Å². The van der Waals surface area contributed by atoms with Crippen molar-refractivity contribution in [2.24, 2.45) is 5.92 Å². The van der Waals surface area contributed by atoms with Crippen LogP contribution in [0.15, 0.2) is 53.4 Å². The van der Waals surface area contributed by atoms with Gasteiger partial charge in [-0.05, 0) is 49.2 Å². The predicted octanol–water partition coefficient (Wildman–Crippen LogP) is 3.58. The standard InChI is InChI=1S/C22H23F2N3O5S/c1-31-16-8-10-17(11-9-16)33(29,30)26-12-4-5-15(13-26)21(28)32-14-20-25-18-6-2-3-7-19(18)27(20)22(23)24/h2-3,6-11,15,22H,4-5,12-14H2,1H3. The zero-order valence-corrected chi connectivity index (χ0v) is 18.7. The van der Waals surface area contributed by atoms with E-state index in [4.69, 9.17) is 9.47 Å². The highest BCUT2D eigenvalue weighted by molar-refractivity contribution is 7.89. The second kappa shape index (κ2) is 9.44. The quantitative estimate of drug-likeness (QED) is 0.481. The highest BCUT2D eigenvalue weighted by Crippen LogP contribution is 2.27. The number of carbonyl (C=O) groups is 1. The molecule has 1 saturated heterocycles. The normalized spacial score (nSPS) is 17.4. The molecule has 0 N–H and O–H groups in total. The third-order valence-electron chi connectivity index (χ3n) is 5.62. The number of benzene rings is 2. The second-order valence-corrected chi connectivity index (χ2v) is 9.59. The molecule has 0 radical (unpaired) electrons. The van der Waals surface area contributed by atoms with Crippen molar-refractivity contribution < 1.29 is 31.5 Å². The fourth-order valence-electron chi connectivity index (χ4n) is 3.92. The molecular weight excluding hydrogens is 456 g/mol. The number of rotatable bonds is 7. The summed E-state index contributed by atoms with van der Waals surface area (Å²) in [5.41, 5.74) is 0.617. The number of carbonyl (C=O) groups excluding carboxylic acids is 1. The smallest absolute Gasteiger partial charge is 0.320 e. The number of fused-ring (bicyclic) bond motifs is 1. The van der Waals surface area contributed by atoms with Gasteiger partial charge in [0.1, 0.15) is 12.4 Å². The highest BCUT2D eigenvalue weighted by atomic mass is 32.2. The summed E-state index contributed by atoms with van der Waals surface area (Å²) in [5, 5.41) is 0. The van der Waals surface area contributed by atoms with Crippen molar-refractivity contribution >= 4 is 27.0 Å². The van der Waals surface area contributed by atoms with Crippen LogP contribution in [0.2, 0.25) is 0 Å². The molecule has 1 aliphatic rings. The summed E-state index contributed by atoms with van der Waals surface area (Å²) in [5.74, 6) is -0.879. The third-order valence-corrected chi connectivity index (χ3v) is 7.50. The summed E-state index contributed by atoms with van der Waals surface area (Å²) in [4.78, 5) is 16.9. The average molecular weight is 480 g/mol. The number of alkyl halides is 2. The van der Waals surface area contributed by atoms with Crippen molar-refractivity contribution in [1.82, 2.24) is 13.9 Å². The fraction of sp³-hybridized carbons (Fsp3) is 0.364. The minimum absolute atomic E-state index is 0.0432. The zero-order chi connectivity index (χ0) is 23.6. The van der Waals surface area contributed by atoms with Gasteiger partial charge >= 0.3 is 12.5 Å². The molecule has 0 aliphatic carbocycles. The zero-order valence-electron chi connectivity index (χ0n) is 17.9. The van der Waals surface area contributed by atoms with Crippen molar-refractivity contribution in [1.29, 1.82) is 0 Å². The Hall–Kier alpha value is -3.05. The van der Waals surface area contributed by atoms with E-state index in [-0.39, 0.29) is 29.3 Å². The van der Waals surface area contributed by atoms with Crippen molar-refractivity contribution in [3.05, 3.63) is 54.4 Å². The second-order valence-electron chi connectivity index (χ2n) is 7.65. The SMILES string of the molecule is COc1ccc(S(=O)(=O)N2CCCC(C(=O)OCc3nc4ccccc4n3C(F)F)C2)cc1. The molecule has 4 rings (SSSR count). The Kier molecular flexibility index (Phi) is 6.61. The predicted molar refractivity (Wildman–Crippen MR) is 115 cm³/mol. The van der Waals surface area contributed by atoms with Crippen LogP contribution in [-0.2, 0) is 26.2 Å². The lowest BCUT2D eigenvalue weighted by molar-refractivity contribution is -0.151. The molecule has 2 aromatic carbocycles. The largest absolute Gasteiger partial charge is 0.497 e. The number of methoxy groups -OCH3 is 1. The van der Waals surface area contributed by atoms with Gasteiger partial charge in [-0.15, -0.1) is 0 Å². The van der Waals surface area contributed by atoms with Crippen LogP contribution in [0.25, 0.3) is 11.0 Å². The Morgan fingerprint density at radius 3 is 2.61 bits per heavy atom. The van der Waals surface area contributed by atoms with E-state index in [2.05, 4.69) is 4.98 Å². The van der Waals surface area contributed by atoms with Crippen LogP contribution in [0, 0.1) is 5.92 Å². The van der Waals surface area contributed by atoms with Gasteiger partial charge in [-0.2, -0.15) is 13.1 Å². The minimum Gasteiger partial charge on any atom is -0.497 e. The maximum Gasteiger partial charge on any atom is 0.320 e. The molecule has 1 unspecified atom stereocenters. The van der Waals surface area contributed by atoms with Gasteiger partial charge in [0.25, 0.3) is 0 Å². The minimum atomic E-state index is -3.80. The van der Waals surface area contributed by atoms with Crippen LogP contribution in [0.3, 0.4) is 0 Å². The molecule has 0 saturated carbocycles. The van der Waals surface area contributed by atoms with Gasteiger partial charge in [0, 0.05) is 13.1 Å². The lowest BCUT2D eigenvalue weighted by Crippen LogP contribution is -2.42. The van der Waals surface area contributed by atoms with E-state index in [0.717, 1.165) is 4.57 Å². The topological polar surface area (TPSA) is 90.7 Å². The molecule has 0 bridgehead atoms. The van der Waals surface area contributed by atoms with Gasteiger partial charge in [0.2, 0.25) is 10.0 Å². The molecule has 176 valence electrons. The number of imidazole rings is 1. The average Bonchev–Trinajstić information content (AvgIpc) is 3.21. The van der Waals surface area contributed by atoms with Gasteiger partial charge < -0.3 is 9.47 Å². The van der Waals surface area contributed by atoms with Crippen LogP contribution in [0.5, 0.6) is 5.75 Å². The number of hydrogen-bond acceptors (Lipinski definition) is 6. The summed E-state index contributed by atoms with van der Waals surface area (Å²) in [7, 11) is -2.31. The molecule has 2 heterocycles. The van der Waals surface area contributed by atoms with Crippen LogP contribution in [0.4, 0.5) is 8.78 Å². The van der Waals surface area contributed by atoms with E-state index in [1.807, 2.05) is 0 Å². The Labute approximate surface area is 189 Å². The number of piperidine rings is 1. The summed E-state index contributed by atoms with van der Waals surface area (Å²) in [6.07, 6.45) is 0.920. The van der Waals surface area contributed by atoms with E-state index in [1.165, 1.54) is 29.6 Å². The lowest BCUT2D eigenvalue weighted by Gasteiger charge is -2.30. The Bertz CT molecular complexity index is 1240. The van der Waals surface area contributed by atoms with E-state index in [1.54, 1.807) is 30.3 Å². The molecule has 1 aromatic heterocycles. The Balaban J connectivity index is 1.45. The number of nitrogens with zero attached hydrogens (tertiary/aromatic N) is 3. The molecule has 0 amide bonds. The number of para-hydroxylation sites is 2. The van der Waals surface area contributed by atoms with Gasteiger partial charge in [-0.1, -0.05) is 12.1 Å². The van der Waals surface area contributed by atoms with Gasteiger partial charge in [-0.25, -0.2) is 13.4 Å². The lowest BCUT2D eigenvalue weighted by atomic mass is 10.00. The molecule has 11 heteroatoms.